The summed E-state index contributed by atoms with van der Waals surface area (Å²) < 4.78 is 19.0. The first-order chi connectivity index (χ1) is 8.45. The Morgan fingerprint density at radius 1 is 1.50 bits per heavy atom. The standard InChI is InChI=1S/C13H19FN2O2/c1-4-16-13(17)9(3)18-10-5-6-11(8(2)15)12(14)7-10/h5-9H,4,15H2,1-3H3,(H,16,17)/t8-,9?/m0/s1. The van der Waals surface area contributed by atoms with Gasteiger partial charge in [0.15, 0.2) is 6.10 Å². The average molecular weight is 254 g/mol. The van der Waals surface area contributed by atoms with Gasteiger partial charge in [0.1, 0.15) is 11.6 Å². The number of nitrogens with two attached hydrogens (primary N) is 1. The topological polar surface area (TPSA) is 64.3 Å². The number of hydrogen-bond acceptors (Lipinski definition) is 3. The number of ether oxygens (including phenoxy) is 1. The maximum absolute atomic E-state index is 13.6. The molecule has 0 fully saturated rings. The van der Waals surface area contributed by atoms with Gasteiger partial charge >= 0.3 is 0 Å². The molecule has 0 aliphatic heterocycles. The Hall–Kier alpha value is -1.62. The minimum absolute atomic E-state index is 0.228. The van der Waals surface area contributed by atoms with Gasteiger partial charge in [-0.25, -0.2) is 4.39 Å². The van der Waals surface area contributed by atoms with Crippen molar-refractivity contribution in [1.29, 1.82) is 0 Å². The molecule has 0 saturated carbocycles. The van der Waals surface area contributed by atoms with Crippen LogP contribution in [0.25, 0.3) is 0 Å². The fraction of sp³-hybridized carbons (Fsp3) is 0.462. The van der Waals surface area contributed by atoms with E-state index in [0.717, 1.165) is 0 Å². The van der Waals surface area contributed by atoms with E-state index in [9.17, 15) is 9.18 Å². The molecule has 1 aromatic rings. The lowest BCUT2D eigenvalue weighted by atomic mass is 10.1. The average Bonchev–Trinajstić information content (AvgIpc) is 2.28. The number of carbonyl (C=O) groups is 1. The summed E-state index contributed by atoms with van der Waals surface area (Å²) in [6.07, 6.45) is -0.662. The quantitative estimate of drug-likeness (QED) is 0.841. The summed E-state index contributed by atoms with van der Waals surface area (Å²) in [6, 6.07) is 4.05. The minimum atomic E-state index is -0.662. The minimum Gasteiger partial charge on any atom is -0.481 e. The van der Waals surface area contributed by atoms with Gasteiger partial charge in [-0.15, -0.1) is 0 Å². The largest absolute Gasteiger partial charge is 0.481 e. The predicted octanol–water partition coefficient (Wildman–Crippen LogP) is 1.75. The molecule has 0 bridgehead atoms. The first kappa shape index (κ1) is 14.4. The number of halogens is 1. The van der Waals surface area contributed by atoms with Crippen molar-refractivity contribution in [2.24, 2.45) is 5.73 Å². The van der Waals surface area contributed by atoms with Crippen molar-refractivity contribution in [2.45, 2.75) is 32.9 Å². The molecule has 0 aromatic heterocycles. The Labute approximate surface area is 106 Å². The molecule has 18 heavy (non-hydrogen) atoms. The first-order valence-electron chi connectivity index (χ1n) is 5.95. The molecular formula is C13H19FN2O2. The number of benzene rings is 1. The van der Waals surface area contributed by atoms with E-state index in [1.54, 1.807) is 26.0 Å². The highest BCUT2D eigenvalue weighted by atomic mass is 19.1. The second-order valence-electron chi connectivity index (χ2n) is 4.13. The van der Waals surface area contributed by atoms with Crippen LogP contribution < -0.4 is 15.8 Å². The molecule has 0 heterocycles. The van der Waals surface area contributed by atoms with Crippen molar-refractivity contribution < 1.29 is 13.9 Å². The summed E-state index contributed by atoms with van der Waals surface area (Å²) in [6.45, 7) is 5.67. The zero-order chi connectivity index (χ0) is 13.7. The van der Waals surface area contributed by atoms with Gasteiger partial charge in [-0.05, 0) is 26.8 Å². The van der Waals surface area contributed by atoms with E-state index in [-0.39, 0.29) is 11.9 Å². The fourth-order valence-electron chi connectivity index (χ4n) is 1.53. The van der Waals surface area contributed by atoms with Crippen molar-refractivity contribution in [3.63, 3.8) is 0 Å². The van der Waals surface area contributed by atoms with Gasteiger partial charge in [0, 0.05) is 24.2 Å². The Morgan fingerprint density at radius 2 is 2.17 bits per heavy atom. The van der Waals surface area contributed by atoms with Gasteiger partial charge in [-0.3, -0.25) is 4.79 Å². The third-order valence-corrected chi connectivity index (χ3v) is 2.50. The summed E-state index contributed by atoms with van der Waals surface area (Å²) in [7, 11) is 0. The van der Waals surface area contributed by atoms with Gasteiger partial charge < -0.3 is 15.8 Å². The van der Waals surface area contributed by atoms with Crippen molar-refractivity contribution in [2.75, 3.05) is 6.54 Å². The highest BCUT2D eigenvalue weighted by Gasteiger charge is 2.15. The van der Waals surface area contributed by atoms with Crippen molar-refractivity contribution in [1.82, 2.24) is 5.32 Å². The molecule has 1 amide bonds. The summed E-state index contributed by atoms with van der Waals surface area (Å²) in [4.78, 5) is 11.5. The predicted molar refractivity (Wildman–Crippen MR) is 67.8 cm³/mol. The Bertz CT molecular complexity index is 421. The molecule has 0 aliphatic carbocycles. The van der Waals surface area contributed by atoms with Crippen molar-refractivity contribution >= 4 is 5.91 Å². The molecule has 5 heteroatoms. The lowest BCUT2D eigenvalue weighted by Gasteiger charge is -2.15. The van der Waals surface area contributed by atoms with Crippen LogP contribution in [0, 0.1) is 5.82 Å². The van der Waals surface area contributed by atoms with Crippen LogP contribution in [-0.2, 0) is 4.79 Å². The maximum Gasteiger partial charge on any atom is 0.260 e. The molecule has 1 rings (SSSR count). The third kappa shape index (κ3) is 3.70. The van der Waals surface area contributed by atoms with Crippen LogP contribution in [0.5, 0.6) is 5.75 Å². The van der Waals surface area contributed by atoms with Crippen molar-refractivity contribution in [3.05, 3.63) is 29.6 Å². The third-order valence-electron chi connectivity index (χ3n) is 2.50. The molecule has 3 N–H and O–H groups in total. The molecule has 0 aliphatic rings. The van der Waals surface area contributed by atoms with Crippen LogP contribution in [0.2, 0.25) is 0 Å². The molecule has 100 valence electrons. The number of amides is 1. The van der Waals surface area contributed by atoms with Gasteiger partial charge in [-0.1, -0.05) is 6.07 Å². The molecule has 1 aromatic carbocycles. The van der Waals surface area contributed by atoms with Crippen LogP contribution in [0.1, 0.15) is 32.4 Å². The molecular weight excluding hydrogens is 235 g/mol. The molecule has 2 atom stereocenters. The zero-order valence-corrected chi connectivity index (χ0v) is 10.9. The first-order valence-corrected chi connectivity index (χ1v) is 5.95. The Kier molecular flexibility index (Phi) is 5.09. The lowest BCUT2D eigenvalue weighted by molar-refractivity contribution is -0.127. The van der Waals surface area contributed by atoms with E-state index in [1.165, 1.54) is 6.07 Å². The second kappa shape index (κ2) is 6.35. The monoisotopic (exact) mass is 254 g/mol. The number of carbonyl (C=O) groups excluding carboxylic acids is 1. The number of likely N-dealkylation sites (N-methyl/N-ethyl adjacent to an activating group) is 1. The molecule has 1 unspecified atom stereocenters. The smallest absolute Gasteiger partial charge is 0.260 e. The Balaban J connectivity index is 2.74. The van der Waals surface area contributed by atoms with Crippen LogP contribution in [0.3, 0.4) is 0 Å². The van der Waals surface area contributed by atoms with Gasteiger partial charge in [0.25, 0.3) is 5.91 Å². The zero-order valence-electron chi connectivity index (χ0n) is 10.9. The normalized spacial score (nSPS) is 13.8. The lowest BCUT2D eigenvalue weighted by Crippen LogP contribution is -2.36. The molecule has 4 nitrogen and oxygen atoms in total. The second-order valence-corrected chi connectivity index (χ2v) is 4.13. The van der Waals surface area contributed by atoms with Gasteiger partial charge in [-0.2, -0.15) is 0 Å². The Morgan fingerprint density at radius 3 is 2.67 bits per heavy atom. The van der Waals surface area contributed by atoms with Gasteiger partial charge in [0.2, 0.25) is 0 Å². The maximum atomic E-state index is 13.6. The van der Waals surface area contributed by atoms with E-state index >= 15 is 0 Å². The number of rotatable bonds is 5. The van der Waals surface area contributed by atoms with Crippen LogP contribution in [0.4, 0.5) is 4.39 Å². The van der Waals surface area contributed by atoms with Crippen LogP contribution in [0.15, 0.2) is 18.2 Å². The van der Waals surface area contributed by atoms with E-state index in [4.69, 9.17) is 10.5 Å². The van der Waals surface area contributed by atoms with E-state index in [1.807, 2.05) is 6.92 Å². The summed E-state index contributed by atoms with van der Waals surface area (Å²) >= 11 is 0. The molecule has 0 spiro atoms. The van der Waals surface area contributed by atoms with Gasteiger partial charge in [0.05, 0.1) is 0 Å². The highest BCUT2D eigenvalue weighted by Crippen LogP contribution is 2.21. The van der Waals surface area contributed by atoms with Crippen LogP contribution in [-0.4, -0.2) is 18.6 Å². The van der Waals surface area contributed by atoms with E-state index < -0.39 is 11.9 Å². The summed E-state index contributed by atoms with van der Waals surface area (Å²) in [5.74, 6) is -0.338. The van der Waals surface area contributed by atoms with Crippen LogP contribution >= 0.6 is 0 Å². The number of nitrogens with one attached hydrogen (secondary N) is 1. The summed E-state index contributed by atoms with van der Waals surface area (Å²) in [5, 5.41) is 2.63. The van der Waals surface area contributed by atoms with E-state index in [0.29, 0.717) is 17.9 Å². The highest BCUT2D eigenvalue weighted by molar-refractivity contribution is 5.80. The fourth-order valence-corrected chi connectivity index (χ4v) is 1.53. The van der Waals surface area contributed by atoms with E-state index in [2.05, 4.69) is 5.32 Å². The SMILES string of the molecule is CCNC(=O)C(C)Oc1ccc([C@H](C)N)c(F)c1. The molecule has 0 radical (unpaired) electrons. The summed E-state index contributed by atoms with van der Waals surface area (Å²) in [5.41, 5.74) is 6.03. The molecule has 0 saturated heterocycles. The number of hydrogen-bond donors (Lipinski definition) is 2. The van der Waals surface area contributed by atoms with Crippen molar-refractivity contribution in [3.8, 4) is 5.75 Å².